The van der Waals surface area contributed by atoms with E-state index in [9.17, 15) is 5.21 Å². The number of benzene rings is 1. The second-order valence-electron chi connectivity index (χ2n) is 5.21. The average Bonchev–Trinajstić information content (AvgIpc) is 2.88. The molecule has 0 radical (unpaired) electrons. The molecular weight excluding hydrogens is 270 g/mol. The normalized spacial score (nSPS) is 21.8. The number of rotatable bonds is 8. The van der Waals surface area contributed by atoms with E-state index in [-0.39, 0.29) is 18.4 Å². The zero-order valence-corrected chi connectivity index (χ0v) is 12.6. The molecule has 21 heavy (non-hydrogen) atoms. The summed E-state index contributed by atoms with van der Waals surface area (Å²) >= 11 is 0. The van der Waals surface area contributed by atoms with Crippen LogP contribution in [0.4, 0.5) is 0 Å². The first kappa shape index (κ1) is 15.9. The van der Waals surface area contributed by atoms with Crippen LogP contribution in [0.3, 0.4) is 0 Å². The summed E-state index contributed by atoms with van der Waals surface area (Å²) in [5.74, 6) is 0. The predicted molar refractivity (Wildman–Crippen MR) is 80.2 cm³/mol. The second-order valence-corrected chi connectivity index (χ2v) is 5.21. The molecule has 1 heterocycles. The molecule has 0 saturated carbocycles. The molecule has 0 amide bonds. The molecule has 5 heteroatoms. The maximum Gasteiger partial charge on any atom is 0.180 e. The van der Waals surface area contributed by atoms with Crippen LogP contribution in [0.15, 0.2) is 30.3 Å². The molecular formula is C16H23NO4. The van der Waals surface area contributed by atoms with Gasteiger partial charge >= 0.3 is 0 Å². The van der Waals surface area contributed by atoms with E-state index in [0.717, 1.165) is 23.1 Å². The summed E-state index contributed by atoms with van der Waals surface area (Å²) in [4.78, 5) is 0. The fraction of sp³-hybridized carbons (Fsp3) is 0.562. The highest BCUT2D eigenvalue weighted by Gasteiger charge is 2.31. The van der Waals surface area contributed by atoms with Crippen molar-refractivity contribution in [2.45, 2.75) is 44.3 Å². The molecule has 2 atom stereocenters. The summed E-state index contributed by atoms with van der Waals surface area (Å²) in [6.07, 6.45) is 3.42. The Morgan fingerprint density at radius 2 is 1.95 bits per heavy atom. The van der Waals surface area contributed by atoms with E-state index >= 15 is 0 Å². The standard InChI is InChI=1S/C16H23NO4/c1-19-16(20-2)9-8-14-10-15(11-17(14)18)21-12-13-6-4-3-5-7-13/h3-7,11,14-16H,8-10,12H2,1-2H3/t14-,15+/m0/s1. The lowest BCUT2D eigenvalue weighted by atomic mass is 10.1. The molecule has 0 spiro atoms. The van der Waals surface area contributed by atoms with Crippen LogP contribution < -0.4 is 0 Å². The Morgan fingerprint density at radius 1 is 1.24 bits per heavy atom. The van der Waals surface area contributed by atoms with Gasteiger partial charge in [0.15, 0.2) is 18.5 Å². The van der Waals surface area contributed by atoms with E-state index < -0.39 is 0 Å². The van der Waals surface area contributed by atoms with Gasteiger partial charge in [-0.1, -0.05) is 30.3 Å². The number of methoxy groups -OCH3 is 2. The lowest BCUT2D eigenvalue weighted by Gasteiger charge is -2.16. The first-order valence-corrected chi connectivity index (χ1v) is 7.24. The van der Waals surface area contributed by atoms with Gasteiger partial charge in [0.25, 0.3) is 0 Å². The van der Waals surface area contributed by atoms with Gasteiger partial charge in [-0.05, 0) is 5.56 Å². The molecule has 0 N–H and O–H groups in total. The number of hydrogen-bond acceptors (Lipinski definition) is 4. The second kappa shape index (κ2) is 8.12. The quantitative estimate of drug-likeness (QED) is 0.419. The number of hydroxylamine groups is 1. The minimum absolute atomic E-state index is 0.0569. The van der Waals surface area contributed by atoms with Crippen LogP contribution in [0, 0.1) is 5.21 Å². The molecule has 2 rings (SSSR count). The molecule has 0 fully saturated rings. The fourth-order valence-corrected chi connectivity index (χ4v) is 2.51. The molecule has 0 unspecified atom stereocenters. The van der Waals surface area contributed by atoms with Gasteiger partial charge in [0.2, 0.25) is 0 Å². The Bertz CT molecular complexity index is 445. The molecule has 1 aliphatic heterocycles. The van der Waals surface area contributed by atoms with Crippen LogP contribution in [-0.2, 0) is 20.8 Å². The lowest BCUT2D eigenvalue weighted by Crippen LogP contribution is -2.21. The van der Waals surface area contributed by atoms with Gasteiger partial charge in [-0.2, -0.15) is 0 Å². The zero-order chi connectivity index (χ0) is 15.1. The van der Waals surface area contributed by atoms with E-state index in [1.54, 1.807) is 20.4 Å². The third-order valence-corrected chi connectivity index (χ3v) is 3.75. The monoisotopic (exact) mass is 293 g/mol. The first-order chi connectivity index (χ1) is 10.2. The van der Waals surface area contributed by atoms with Crippen molar-refractivity contribution in [2.24, 2.45) is 0 Å². The van der Waals surface area contributed by atoms with Crippen LogP contribution in [0.2, 0.25) is 0 Å². The van der Waals surface area contributed by atoms with Gasteiger partial charge in [-0.25, -0.2) is 4.74 Å². The van der Waals surface area contributed by atoms with Gasteiger partial charge in [-0.15, -0.1) is 0 Å². The highest BCUT2D eigenvalue weighted by molar-refractivity contribution is 5.59. The molecule has 1 aliphatic rings. The highest BCUT2D eigenvalue weighted by Crippen LogP contribution is 2.19. The number of ether oxygens (including phenoxy) is 3. The van der Waals surface area contributed by atoms with Crippen LogP contribution >= 0.6 is 0 Å². The number of hydrogen-bond donors (Lipinski definition) is 0. The Labute approximate surface area is 125 Å². The molecule has 0 bridgehead atoms. The Balaban J connectivity index is 1.76. The molecule has 0 aliphatic carbocycles. The fourth-order valence-electron chi connectivity index (χ4n) is 2.51. The summed E-state index contributed by atoms with van der Waals surface area (Å²) < 4.78 is 17.1. The highest BCUT2D eigenvalue weighted by atomic mass is 16.7. The summed E-state index contributed by atoms with van der Waals surface area (Å²) in [5, 5.41) is 11.9. The van der Waals surface area contributed by atoms with Crippen LogP contribution in [-0.4, -0.2) is 43.6 Å². The van der Waals surface area contributed by atoms with Gasteiger partial charge in [0.05, 0.1) is 6.61 Å². The molecule has 5 nitrogen and oxygen atoms in total. The van der Waals surface area contributed by atoms with Crippen LogP contribution in [0.5, 0.6) is 0 Å². The largest absolute Gasteiger partial charge is 0.624 e. The smallest absolute Gasteiger partial charge is 0.180 e. The van der Waals surface area contributed by atoms with Crippen molar-refractivity contribution in [1.29, 1.82) is 0 Å². The number of nitrogens with zero attached hydrogens (tertiary/aromatic N) is 1. The lowest BCUT2D eigenvalue weighted by molar-refractivity contribution is -0.490. The van der Waals surface area contributed by atoms with Gasteiger partial charge in [-0.3, -0.25) is 0 Å². The third kappa shape index (κ3) is 4.81. The maximum absolute atomic E-state index is 11.9. The van der Waals surface area contributed by atoms with Crippen molar-refractivity contribution >= 4 is 6.21 Å². The minimum Gasteiger partial charge on any atom is -0.624 e. The summed E-state index contributed by atoms with van der Waals surface area (Å²) in [6, 6.07) is 9.92. The van der Waals surface area contributed by atoms with Crippen molar-refractivity contribution in [3.63, 3.8) is 0 Å². The zero-order valence-electron chi connectivity index (χ0n) is 12.6. The minimum atomic E-state index is -0.248. The Hall–Kier alpha value is -1.43. The Kier molecular flexibility index (Phi) is 6.17. The molecule has 0 saturated heterocycles. The van der Waals surface area contributed by atoms with Gasteiger partial charge in [0, 0.05) is 33.5 Å². The van der Waals surface area contributed by atoms with E-state index in [1.165, 1.54) is 0 Å². The molecule has 1 aromatic carbocycles. The van der Waals surface area contributed by atoms with Gasteiger partial charge < -0.3 is 19.4 Å². The average molecular weight is 293 g/mol. The molecule has 0 aromatic heterocycles. The molecule has 1 aromatic rings. The van der Waals surface area contributed by atoms with Crippen molar-refractivity contribution in [3.8, 4) is 0 Å². The SMILES string of the molecule is COC(CC[C@H]1C[C@@H](OCc2ccccc2)C=[N+]1[O-])OC. The summed E-state index contributed by atoms with van der Waals surface area (Å²) in [7, 11) is 3.21. The Morgan fingerprint density at radius 3 is 2.62 bits per heavy atom. The van der Waals surface area contributed by atoms with Crippen molar-refractivity contribution in [3.05, 3.63) is 41.1 Å². The van der Waals surface area contributed by atoms with Gasteiger partial charge in [0.1, 0.15) is 6.10 Å². The topological polar surface area (TPSA) is 53.8 Å². The predicted octanol–water partition coefficient (Wildman–Crippen LogP) is 2.32. The van der Waals surface area contributed by atoms with E-state index in [4.69, 9.17) is 14.2 Å². The summed E-state index contributed by atoms with van der Waals surface area (Å²) in [5.41, 5.74) is 1.12. The van der Waals surface area contributed by atoms with Crippen molar-refractivity contribution in [1.82, 2.24) is 0 Å². The first-order valence-electron chi connectivity index (χ1n) is 7.24. The molecule has 116 valence electrons. The summed E-state index contributed by atoms with van der Waals surface area (Å²) in [6.45, 7) is 0.529. The van der Waals surface area contributed by atoms with E-state index in [2.05, 4.69) is 0 Å². The van der Waals surface area contributed by atoms with Crippen LogP contribution in [0.25, 0.3) is 0 Å². The van der Waals surface area contributed by atoms with Crippen molar-refractivity contribution in [2.75, 3.05) is 14.2 Å². The third-order valence-electron chi connectivity index (χ3n) is 3.75. The van der Waals surface area contributed by atoms with E-state index in [1.807, 2.05) is 30.3 Å². The maximum atomic E-state index is 11.9. The van der Waals surface area contributed by atoms with E-state index in [0.29, 0.717) is 13.0 Å². The van der Waals surface area contributed by atoms with Crippen LogP contribution in [0.1, 0.15) is 24.8 Å². The van der Waals surface area contributed by atoms with Crippen molar-refractivity contribution < 1.29 is 18.9 Å².